The first-order chi connectivity index (χ1) is 12.4. The number of hydrogen-bond acceptors (Lipinski definition) is 5. The zero-order valence-electron chi connectivity index (χ0n) is 12.8. The van der Waals surface area contributed by atoms with Crippen LogP contribution in [-0.4, -0.2) is 22.7 Å². The van der Waals surface area contributed by atoms with Crippen LogP contribution in [0.2, 0.25) is 20.1 Å². The molecule has 134 valence electrons. The number of benzene rings is 2. The molecular weight excluding hydrogens is 424 g/mol. The molecule has 2 aromatic carbocycles. The Kier molecular flexibility index (Phi) is 5.88. The van der Waals surface area contributed by atoms with Crippen LogP contribution in [0.25, 0.3) is 11.5 Å². The first-order valence-corrected chi connectivity index (χ1v) is 8.60. The molecule has 0 saturated heterocycles. The average molecular weight is 433 g/mol. The fourth-order valence-electron chi connectivity index (χ4n) is 1.94. The highest BCUT2D eigenvalue weighted by Gasteiger charge is 2.15. The minimum absolute atomic E-state index is 0.0955. The van der Waals surface area contributed by atoms with Gasteiger partial charge in [0.15, 0.2) is 6.61 Å². The first kappa shape index (κ1) is 18.8. The van der Waals surface area contributed by atoms with Crippen LogP contribution >= 0.6 is 46.4 Å². The lowest BCUT2D eigenvalue weighted by molar-refractivity contribution is -0.118. The first-order valence-electron chi connectivity index (χ1n) is 7.09. The highest BCUT2D eigenvalue weighted by molar-refractivity contribution is 6.36. The van der Waals surface area contributed by atoms with E-state index in [2.05, 4.69) is 15.5 Å². The maximum Gasteiger partial charge on any atom is 0.322 e. The van der Waals surface area contributed by atoms with Crippen LogP contribution in [0.5, 0.6) is 5.75 Å². The lowest BCUT2D eigenvalue weighted by atomic mass is 10.2. The molecule has 0 radical (unpaired) electrons. The van der Waals surface area contributed by atoms with Gasteiger partial charge in [-0.3, -0.25) is 10.1 Å². The topological polar surface area (TPSA) is 77.2 Å². The second-order valence-corrected chi connectivity index (χ2v) is 6.64. The van der Waals surface area contributed by atoms with Crippen molar-refractivity contribution in [2.24, 2.45) is 0 Å². The van der Waals surface area contributed by atoms with Crippen molar-refractivity contribution in [1.82, 2.24) is 10.2 Å². The molecule has 1 heterocycles. The smallest absolute Gasteiger partial charge is 0.322 e. The second kappa shape index (κ2) is 8.14. The molecule has 0 saturated carbocycles. The predicted molar refractivity (Wildman–Crippen MR) is 100 cm³/mol. The van der Waals surface area contributed by atoms with E-state index >= 15 is 0 Å². The molecule has 26 heavy (non-hydrogen) atoms. The van der Waals surface area contributed by atoms with Crippen LogP contribution in [0.15, 0.2) is 40.8 Å². The van der Waals surface area contributed by atoms with Crippen molar-refractivity contribution >= 4 is 58.3 Å². The second-order valence-electron chi connectivity index (χ2n) is 4.95. The molecular formula is C16H9Cl4N3O3. The van der Waals surface area contributed by atoms with Crippen molar-refractivity contribution in [3.63, 3.8) is 0 Å². The highest BCUT2D eigenvalue weighted by Crippen LogP contribution is 2.30. The van der Waals surface area contributed by atoms with Gasteiger partial charge >= 0.3 is 6.01 Å². The molecule has 0 atom stereocenters. The Bertz CT molecular complexity index is 962. The van der Waals surface area contributed by atoms with Crippen molar-refractivity contribution in [2.75, 3.05) is 11.9 Å². The van der Waals surface area contributed by atoms with Crippen LogP contribution in [0.1, 0.15) is 0 Å². The lowest BCUT2D eigenvalue weighted by Crippen LogP contribution is -2.20. The van der Waals surface area contributed by atoms with Crippen molar-refractivity contribution < 1.29 is 13.9 Å². The summed E-state index contributed by atoms with van der Waals surface area (Å²) in [6.07, 6.45) is 0. The number of halogens is 4. The fourth-order valence-corrected chi connectivity index (χ4v) is 2.89. The summed E-state index contributed by atoms with van der Waals surface area (Å²) in [6.45, 7) is -0.305. The van der Waals surface area contributed by atoms with Crippen molar-refractivity contribution in [2.45, 2.75) is 0 Å². The number of ether oxygens (including phenoxy) is 1. The standard InChI is InChI=1S/C16H9Cl4N3O3/c17-8-1-3-10(11(19)5-8)15-22-23-16(26-15)21-14(24)7-25-13-4-2-9(18)6-12(13)20/h1-6H,7H2,(H,21,23,24). The van der Waals surface area contributed by atoms with E-state index in [1.54, 1.807) is 30.3 Å². The van der Waals surface area contributed by atoms with Crippen LogP contribution in [0.3, 0.4) is 0 Å². The normalized spacial score (nSPS) is 10.6. The quantitative estimate of drug-likeness (QED) is 0.586. The van der Waals surface area contributed by atoms with E-state index in [1.165, 1.54) is 6.07 Å². The van der Waals surface area contributed by atoms with Gasteiger partial charge in [-0.2, -0.15) is 0 Å². The summed E-state index contributed by atoms with van der Waals surface area (Å²) >= 11 is 23.7. The van der Waals surface area contributed by atoms with Crippen molar-refractivity contribution in [3.05, 3.63) is 56.5 Å². The van der Waals surface area contributed by atoms with E-state index in [0.29, 0.717) is 31.4 Å². The predicted octanol–water partition coefficient (Wildman–Crippen LogP) is 5.37. The number of rotatable bonds is 5. The summed E-state index contributed by atoms with van der Waals surface area (Å²) in [5.41, 5.74) is 0.494. The molecule has 1 aromatic heterocycles. The molecule has 3 rings (SSSR count). The molecule has 0 fully saturated rings. The van der Waals surface area contributed by atoms with Gasteiger partial charge in [0, 0.05) is 10.0 Å². The van der Waals surface area contributed by atoms with Gasteiger partial charge < -0.3 is 9.15 Å². The summed E-state index contributed by atoms with van der Waals surface area (Å²) in [7, 11) is 0. The molecule has 0 unspecified atom stereocenters. The summed E-state index contributed by atoms with van der Waals surface area (Å²) in [6, 6.07) is 9.39. The van der Waals surface area contributed by atoms with Crippen LogP contribution in [0, 0.1) is 0 Å². The molecule has 0 aliphatic heterocycles. The van der Waals surface area contributed by atoms with E-state index < -0.39 is 5.91 Å². The van der Waals surface area contributed by atoms with Crippen molar-refractivity contribution in [1.29, 1.82) is 0 Å². The van der Waals surface area contributed by atoms with Gasteiger partial charge in [0.2, 0.25) is 0 Å². The molecule has 0 aliphatic carbocycles. The Labute approximate surface area is 168 Å². The Morgan fingerprint density at radius 3 is 2.38 bits per heavy atom. The number of hydrogen-bond donors (Lipinski definition) is 1. The lowest BCUT2D eigenvalue weighted by Gasteiger charge is -2.07. The molecule has 3 aromatic rings. The maximum absolute atomic E-state index is 11.9. The summed E-state index contributed by atoms with van der Waals surface area (Å²) in [5.74, 6) is -0.0394. The molecule has 0 aliphatic rings. The Balaban J connectivity index is 1.62. The summed E-state index contributed by atoms with van der Waals surface area (Å²) in [4.78, 5) is 11.9. The van der Waals surface area contributed by atoms with E-state index in [0.717, 1.165) is 0 Å². The number of amides is 1. The number of carbonyl (C=O) groups excluding carboxylic acids is 1. The number of anilines is 1. The molecule has 10 heteroatoms. The largest absolute Gasteiger partial charge is 0.482 e. The van der Waals surface area contributed by atoms with Gasteiger partial charge in [0.05, 0.1) is 15.6 Å². The minimum atomic E-state index is -0.506. The maximum atomic E-state index is 11.9. The monoisotopic (exact) mass is 431 g/mol. The van der Waals surface area contributed by atoms with E-state index in [-0.39, 0.29) is 18.5 Å². The number of carbonyl (C=O) groups is 1. The average Bonchev–Trinajstić information content (AvgIpc) is 3.02. The van der Waals surface area contributed by atoms with Gasteiger partial charge in [-0.25, -0.2) is 0 Å². The van der Waals surface area contributed by atoms with E-state index in [9.17, 15) is 4.79 Å². The zero-order valence-corrected chi connectivity index (χ0v) is 15.8. The highest BCUT2D eigenvalue weighted by atomic mass is 35.5. The van der Waals surface area contributed by atoms with Gasteiger partial charge in [0.25, 0.3) is 11.8 Å². The van der Waals surface area contributed by atoms with Crippen LogP contribution in [-0.2, 0) is 4.79 Å². The fraction of sp³-hybridized carbons (Fsp3) is 0.0625. The van der Waals surface area contributed by atoms with Crippen molar-refractivity contribution in [3.8, 4) is 17.2 Å². The number of nitrogens with one attached hydrogen (secondary N) is 1. The molecule has 6 nitrogen and oxygen atoms in total. The van der Waals surface area contributed by atoms with E-state index in [1.807, 2.05) is 0 Å². The Hall–Kier alpha value is -1.99. The zero-order chi connectivity index (χ0) is 18.7. The summed E-state index contributed by atoms with van der Waals surface area (Å²) < 4.78 is 10.7. The molecule has 0 bridgehead atoms. The molecule has 0 spiro atoms. The van der Waals surface area contributed by atoms with Gasteiger partial charge in [-0.05, 0) is 36.4 Å². The van der Waals surface area contributed by atoms with Gasteiger partial charge in [-0.15, -0.1) is 5.10 Å². The van der Waals surface area contributed by atoms with Crippen LogP contribution < -0.4 is 10.1 Å². The van der Waals surface area contributed by atoms with Gasteiger partial charge in [0.1, 0.15) is 5.75 Å². The third-order valence-electron chi connectivity index (χ3n) is 3.09. The molecule has 1 amide bonds. The van der Waals surface area contributed by atoms with Crippen LogP contribution in [0.4, 0.5) is 6.01 Å². The summed E-state index contributed by atoms with van der Waals surface area (Å²) in [5, 5.41) is 11.6. The number of aromatic nitrogens is 2. The molecule has 1 N–H and O–H groups in total. The third kappa shape index (κ3) is 4.59. The number of nitrogens with zero attached hydrogens (tertiary/aromatic N) is 2. The third-order valence-corrected chi connectivity index (χ3v) is 4.16. The minimum Gasteiger partial charge on any atom is -0.482 e. The Morgan fingerprint density at radius 2 is 1.69 bits per heavy atom. The van der Waals surface area contributed by atoms with E-state index in [4.69, 9.17) is 55.6 Å². The SMILES string of the molecule is O=C(COc1ccc(Cl)cc1Cl)Nc1nnc(-c2ccc(Cl)cc2Cl)o1. The van der Waals surface area contributed by atoms with Gasteiger partial charge in [-0.1, -0.05) is 51.5 Å². The Morgan fingerprint density at radius 1 is 1.00 bits per heavy atom.